The summed E-state index contributed by atoms with van der Waals surface area (Å²) in [6.45, 7) is 0. The fraction of sp³-hybridized carbons (Fsp3) is 0. The molecular formula is C12H7Br2Cl2NO2S. The summed E-state index contributed by atoms with van der Waals surface area (Å²) in [4.78, 5) is 0.00781. The average molecular weight is 460 g/mol. The van der Waals surface area contributed by atoms with Crippen molar-refractivity contribution in [2.45, 2.75) is 4.90 Å². The molecule has 0 amide bonds. The minimum absolute atomic E-state index is 0.00781. The molecule has 0 atom stereocenters. The highest BCUT2D eigenvalue weighted by molar-refractivity contribution is 9.10. The molecule has 8 heteroatoms. The number of nitrogens with one attached hydrogen (secondary N) is 1. The van der Waals surface area contributed by atoms with Gasteiger partial charge < -0.3 is 0 Å². The van der Waals surface area contributed by atoms with Crippen molar-refractivity contribution in [1.29, 1.82) is 0 Å². The van der Waals surface area contributed by atoms with Crippen LogP contribution in [0.3, 0.4) is 0 Å². The van der Waals surface area contributed by atoms with E-state index in [1.807, 2.05) is 0 Å². The Morgan fingerprint density at radius 3 is 2.25 bits per heavy atom. The number of rotatable bonds is 3. The molecule has 0 aliphatic heterocycles. The molecule has 0 spiro atoms. The summed E-state index contributed by atoms with van der Waals surface area (Å²) in [7, 11) is -3.76. The summed E-state index contributed by atoms with van der Waals surface area (Å²) in [5.41, 5.74) is 0.389. The Balaban J connectivity index is 2.38. The van der Waals surface area contributed by atoms with Gasteiger partial charge in [-0.05, 0) is 52.3 Å². The summed E-state index contributed by atoms with van der Waals surface area (Å²) in [5, 5.41) is 0.634. The molecule has 0 aromatic heterocycles. The lowest BCUT2D eigenvalue weighted by molar-refractivity contribution is 0.601. The second-order valence-electron chi connectivity index (χ2n) is 3.81. The van der Waals surface area contributed by atoms with Gasteiger partial charge in [-0.15, -0.1) is 0 Å². The highest BCUT2D eigenvalue weighted by Gasteiger charge is 2.18. The standard InChI is InChI=1S/C12H7Br2Cl2NO2S/c13-7-1-4-12(11(16)5-7)20(18,19)17-8-2-3-10(15)9(14)6-8/h1-6,17H. The minimum atomic E-state index is -3.76. The van der Waals surface area contributed by atoms with Crippen molar-refractivity contribution in [3.05, 3.63) is 55.4 Å². The summed E-state index contributed by atoms with van der Waals surface area (Å²) >= 11 is 18.3. The van der Waals surface area contributed by atoms with Crippen molar-refractivity contribution in [3.8, 4) is 0 Å². The van der Waals surface area contributed by atoms with Crippen molar-refractivity contribution >= 4 is 70.8 Å². The Bertz CT molecular complexity index is 766. The van der Waals surface area contributed by atoms with Crippen LogP contribution < -0.4 is 4.72 Å². The van der Waals surface area contributed by atoms with Gasteiger partial charge in [-0.3, -0.25) is 4.72 Å². The third-order valence-corrected chi connectivity index (χ3v) is 5.93. The summed E-state index contributed by atoms with van der Waals surface area (Å²) in [5.74, 6) is 0. The lowest BCUT2D eigenvalue weighted by Crippen LogP contribution is -2.13. The van der Waals surface area contributed by atoms with E-state index in [4.69, 9.17) is 23.2 Å². The molecule has 0 unspecified atom stereocenters. The number of hydrogen-bond donors (Lipinski definition) is 1. The SMILES string of the molecule is O=S(=O)(Nc1ccc(Cl)c(Br)c1)c1ccc(Br)cc1Cl. The van der Waals surface area contributed by atoms with E-state index in [1.54, 1.807) is 24.3 Å². The average Bonchev–Trinajstić information content (AvgIpc) is 2.33. The Morgan fingerprint density at radius 1 is 0.950 bits per heavy atom. The van der Waals surface area contributed by atoms with E-state index in [9.17, 15) is 8.42 Å². The number of anilines is 1. The molecule has 1 N–H and O–H groups in total. The van der Waals surface area contributed by atoms with Crippen molar-refractivity contribution < 1.29 is 8.42 Å². The predicted octanol–water partition coefficient (Wildman–Crippen LogP) is 5.32. The van der Waals surface area contributed by atoms with Crippen LogP contribution in [0, 0.1) is 0 Å². The Morgan fingerprint density at radius 2 is 1.65 bits per heavy atom. The van der Waals surface area contributed by atoms with Crippen LogP contribution >= 0.6 is 55.1 Å². The van der Waals surface area contributed by atoms with Crippen LogP contribution in [0.1, 0.15) is 0 Å². The third-order valence-electron chi connectivity index (χ3n) is 2.36. The fourth-order valence-electron chi connectivity index (χ4n) is 1.46. The molecule has 2 rings (SSSR count). The molecule has 0 aliphatic rings. The maximum atomic E-state index is 12.3. The Kier molecular flexibility index (Phi) is 5.02. The van der Waals surface area contributed by atoms with E-state index in [1.165, 1.54) is 12.1 Å². The van der Waals surface area contributed by atoms with Crippen LogP contribution in [0.5, 0.6) is 0 Å². The molecule has 3 nitrogen and oxygen atoms in total. The van der Waals surface area contributed by atoms with Gasteiger partial charge in [0.15, 0.2) is 0 Å². The topological polar surface area (TPSA) is 46.2 Å². The summed E-state index contributed by atoms with van der Waals surface area (Å²) in [6, 6.07) is 9.29. The van der Waals surface area contributed by atoms with Crippen LogP contribution in [0.4, 0.5) is 5.69 Å². The molecule has 0 bridgehead atoms. The Hall–Kier alpha value is -0.270. The first-order valence-electron chi connectivity index (χ1n) is 5.22. The van der Waals surface area contributed by atoms with Crippen molar-refractivity contribution in [3.63, 3.8) is 0 Å². The van der Waals surface area contributed by atoms with Crippen LogP contribution in [-0.2, 0) is 10.0 Å². The van der Waals surface area contributed by atoms with Gasteiger partial charge >= 0.3 is 0 Å². The van der Waals surface area contributed by atoms with E-state index in [-0.39, 0.29) is 9.92 Å². The number of halogens is 4. The molecule has 0 saturated carbocycles. The van der Waals surface area contributed by atoms with Gasteiger partial charge in [0.2, 0.25) is 0 Å². The maximum absolute atomic E-state index is 12.3. The highest BCUT2D eigenvalue weighted by atomic mass is 79.9. The van der Waals surface area contributed by atoms with E-state index in [0.717, 1.165) is 0 Å². The largest absolute Gasteiger partial charge is 0.280 e. The van der Waals surface area contributed by atoms with Crippen LogP contribution in [-0.4, -0.2) is 8.42 Å². The smallest absolute Gasteiger partial charge is 0.263 e. The van der Waals surface area contributed by atoms with Crippen molar-refractivity contribution in [1.82, 2.24) is 0 Å². The third kappa shape index (κ3) is 3.68. The van der Waals surface area contributed by atoms with E-state index in [0.29, 0.717) is 19.7 Å². The zero-order chi connectivity index (χ0) is 14.9. The van der Waals surface area contributed by atoms with Gasteiger partial charge in [0, 0.05) is 8.95 Å². The quantitative estimate of drug-likeness (QED) is 0.675. The number of benzene rings is 2. The van der Waals surface area contributed by atoms with Gasteiger partial charge in [0.05, 0.1) is 15.7 Å². The first-order chi connectivity index (χ1) is 9.29. The molecule has 0 saturated heterocycles. The predicted molar refractivity (Wildman–Crippen MR) is 89.1 cm³/mol. The van der Waals surface area contributed by atoms with Crippen LogP contribution in [0.25, 0.3) is 0 Å². The van der Waals surface area contributed by atoms with E-state index in [2.05, 4.69) is 36.6 Å². The lowest BCUT2D eigenvalue weighted by Gasteiger charge is -2.10. The second-order valence-corrected chi connectivity index (χ2v) is 8.04. The fourth-order valence-corrected chi connectivity index (χ4v) is 4.05. The molecule has 2 aromatic rings. The molecule has 20 heavy (non-hydrogen) atoms. The maximum Gasteiger partial charge on any atom is 0.263 e. The molecule has 106 valence electrons. The van der Waals surface area contributed by atoms with Crippen LogP contribution in [0.15, 0.2) is 50.2 Å². The highest BCUT2D eigenvalue weighted by Crippen LogP contribution is 2.29. The normalized spacial score (nSPS) is 11.4. The zero-order valence-electron chi connectivity index (χ0n) is 9.70. The second kappa shape index (κ2) is 6.23. The summed E-state index contributed by atoms with van der Waals surface area (Å²) < 4.78 is 28.3. The number of hydrogen-bond acceptors (Lipinski definition) is 2. The lowest BCUT2D eigenvalue weighted by atomic mass is 10.3. The minimum Gasteiger partial charge on any atom is -0.280 e. The van der Waals surface area contributed by atoms with Crippen molar-refractivity contribution in [2.24, 2.45) is 0 Å². The zero-order valence-corrected chi connectivity index (χ0v) is 15.2. The first kappa shape index (κ1) is 16.1. The van der Waals surface area contributed by atoms with Gasteiger partial charge in [0.25, 0.3) is 10.0 Å². The van der Waals surface area contributed by atoms with Gasteiger partial charge in [0.1, 0.15) is 4.90 Å². The molecule has 0 aliphatic carbocycles. The van der Waals surface area contributed by atoms with E-state index >= 15 is 0 Å². The molecule has 2 aromatic carbocycles. The molecule has 0 fully saturated rings. The number of sulfonamides is 1. The van der Waals surface area contributed by atoms with Crippen molar-refractivity contribution in [2.75, 3.05) is 4.72 Å². The molecule has 0 heterocycles. The monoisotopic (exact) mass is 457 g/mol. The first-order valence-corrected chi connectivity index (χ1v) is 9.05. The molecular weight excluding hydrogens is 453 g/mol. The van der Waals surface area contributed by atoms with Crippen LogP contribution in [0.2, 0.25) is 10.0 Å². The summed E-state index contributed by atoms with van der Waals surface area (Å²) in [6.07, 6.45) is 0. The van der Waals surface area contributed by atoms with E-state index < -0.39 is 10.0 Å². The molecule has 0 radical (unpaired) electrons. The van der Waals surface area contributed by atoms with Gasteiger partial charge in [-0.25, -0.2) is 8.42 Å². The van der Waals surface area contributed by atoms with Gasteiger partial charge in [-0.2, -0.15) is 0 Å². The Labute approximate surface area is 143 Å². The van der Waals surface area contributed by atoms with Gasteiger partial charge in [-0.1, -0.05) is 39.1 Å².